The van der Waals surface area contributed by atoms with Crippen LogP contribution in [0.15, 0.2) is 35.5 Å². The third kappa shape index (κ3) is 3.14. The van der Waals surface area contributed by atoms with E-state index in [0.717, 1.165) is 25.7 Å². The van der Waals surface area contributed by atoms with Crippen molar-refractivity contribution in [1.82, 2.24) is 0 Å². The highest BCUT2D eigenvalue weighted by atomic mass is 16.5. The molecule has 0 N–H and O–H groups in total. The van der Waals surface area contributed by atoms with E-state index in [0.29, 0.717) is 11.8 Å². The summed E-state index contributed by atoms with van der Waals surface area (Å²) < 4.78 is 5.30. The first-order chi connectivity index (χ1) is 14.1. The number of carbonyl (C=O) groups is 3. The van der Waals surface area contributed by atoms with E-state index in [2.05, 4.69) is 32.9 Å². The summed E-state index contributed by atoms with van der Waals surface area (Å²) in [6.45, 7) is 10.2. The maximum atomic E-state index is 13.2. The summed E-state index contributed by atoms with van der Waals surface area (Å²) in [6, 6.07) is 0. The molecule has 0 aliphatic heterocycles. The smallest absolute Gasteiger partial charge is 0.308 e. The average Bonchev–Trinajstić information content (AvgIpc) is 2.96. The Morgan fingerprint density at radius 3 is 2.70 bits per heavy atom. The van der Waals surface area contributed by atoms with Gasteiger partial charge in [-0.1, -0.05) is 51.0 Å². The maximum Gasteiger partial charge on any atom is 0.308 e. The van der Waals surface area contributed by atoms with Crippen LogP contribution >= 0.6 is 0 Å². The summed E-state index contributed by atoms with van der Waals surface area (Å²) in [7, 11) is 0. The van der Waals surface area contributed by atoms with Gasteiger partial charge in [-0.2, -0.15) is 0 Å². The number of Topliss-reactive ketones (excluding diaryl/α,β-unsaturated/α-hetero) is 1. The van der Waals surface area contributed by atoms with Gasteiger partial charge in [0, 0.05) is 11.3 Å². The minimum absolute atomic E-state index is 0.0733. The number of carbonyl (C=O) groups excluding carboxylic acids is 3. The van der Waals surface area contributed by atoms with Crippen LogP contribution < -0.4 is 0 Å². The van der Waals surface area contributed by atoms with Crippen LogP contribution in [0.1, 0.15) is 60.3 Å². The third-order valence-corrected chi connectivity index (χ3v) is 8.46. The van der Waals surface area contributed by atoms with Crippen LogP contribution in [-0.4, -0.2) is 24.1 Å². The molecule has 0 aromatic carbocycles. The van der Waals surface area contributed by atoms with Crippen molar-refractivity contribution < 1.29 is 19.1 Å². The molecule has 0 aromatic rings. The number of hydrogen-bond donors (Lipinski definition) is 0. The van der Waals surface area contributed by atoms with E-state index >= 15 is 0 Å². The Kier molecular flexibility index (Phi) is 5.19. The lowest BCUT2D eigenvalue weighted by Crippen LogP contribution is -2.45. The second kappa shape index (κ2) is 7.32. The van der Waals surface area contributed by atoms with Crippen LogP contribution in [0.3, 0.4) is 0 Å². The van der Waals surface area contributed by atoms with E-state index in [9.17, 15) is 14.4 Å². The van der Waals surface area contributed by atoms with Gasteiger partial charge < -0.3 is 4.74 Å². The quantitative estimate of drug-likeness (QED) is 0.491. The van der Waals surface area contributed by atoms with E-state index in [1.54, 1.807) is 19.9 Å². The van der Waals surface area contributed by atoms with Crippen LogP contribution in [0.5, 0.6) is 0 Å². The van der Waals surface area contributed by atoms with Gasteiger partial charge in [-0.15, -0.1) is 0 Å². The highest BCUT2D eigenvalue weighted by Gasteiger charge is 2.59. The zero-order valence-corrected chi connectivity index (χ0v) is 18.9. The lowest BCUT2D eigenvalue weighted by Gasteiger charge is -2.52. The molecule has 0 bridgehead atoms. The molecule has 0 spiro atoms. The van der Waals surface area contributed by atoms with E-state index in [1.807, 2.05) is 6.08 Å². The molecule has 0 amide bonds. The van der Waals surface area contributed by atoms with Crippen molar-refractivity contribution in [3.05, 3.63) is 35.5 Å². The van der Waals surface area contributed by atoms with Gasteiger partial charge in [-0.25, -0.2) is 0 Å². The molecule has 4 aliphatic carbocycles. The van der Waals surface area contributed by atoms with Gasteiger partial charge in [0.15, 0.2) is 11.6 Å². The summed E-state index contributed by atoms with van der Waals surface area (Å²) in [6.07, 6.45) is 11.9. The molecule has 2 fully saturated rings. The maximum absolute atomic E-state index is 13.2. The second-order valence-electron chi connectivity index (χ2n) is 10.6. The molecule has 4 aliphatic rings. The van der Waals surface area contributed by atoms with Crippen LogP contribution in [0.25, 0.3) is 0 Å². The Hall–Kier alpha value is -1.97. The van der Waals surface area contributed by atoms with Gasteiger partial charge in [-0.3, -0.25) is 14.4 Å². The molecule has 2 unspecified atom stereocenters. The number of esters is 1. The lowest BCUT2D eigenvalue weighted by molar-refractivity contribution is -0.153. The monoisotopic (exact) mass is 410 g/mol. The topological polar surface area (TPSA) is 60.4 Å². The van der Waals surface area contributed by atoms with Gasteiger partial charge in [-0.05, 0) is 67.9 Å². The number of rotatable bonds is 4. The molecule has 2 saturated carbocycles. The van der Waals surface area contributed by atoms with Gasteiger partial charge in [0.05, 0.1) is 5.92 Å². The summed E-state index contributed by atoms with van der Waals surface area (Å²) in [5.74, 6) is 0.749. The van der Waals surface area contributed by atoms with Crippen LogP contribution in [-0.2, 0) is 19.1 Å². The van der Waals surface area contributed by atoms with Crippen LogP contribution in [0, 0.1) is 40.4 Å². The Balaban J connectivity index is 1.60. The molecular weight excluding hydrogens is 376 g/mol. The molecule has 0 radical (unpaired) electrons. The normalized spacial score (nSPS) is 39.6. The number of ether oxygens (including phenoxy) is 1. The summed E-state index contributed by atoms with van der Waals surface area (Å²) in [5, 5.41) is 0. The van der Waals surface area contributed by atoms with Crippen LogP contribution in [0.4, 0.5) is 0 Å². The van der Waals surface area contributed by atoms with Gasteiger partial charge in [0.1, 0.15) is 6.61 Å². The fraction of sp³-hybridized carbons (Fsp3) is 0.654. The van der Waals surface area contributed by atoms with E-state index < -0.39 is 0 Å². The van der Waals surface area contributed by atoms with Crippen molar-refractivity contribution in [1.29, 1.82) is 0 Å². The summed E-state index contributed by atoms with van der Waals surface area (Å²) in [4.78, 5) is 37.0. The molecule has 4 nitrogen and oxygen atoms in total. The fourth-order valence-corrected chi connectivity index (χ4v) is 6.97. The molecule has 0 saturated heterocycles. The van der Waals surface area contributed by atoms with Crippen molar-refractivity contribution in [2.75, 3.05) is 6.61 Å². The van der Waals surface area contributed by atoms with Crippen molar-refractivity contribution in [3.63, 3.8) is 0 Å². The highest BCUT2D eigenvalue weighted by Crippen LogP contribution is 2.65. The zero-order chi connectivity index (χ0) is 21.8. The SMILES string of the molecule is CC(C)C(=O)OCC(=O)[C@H]1[C@@H](C)CC2C3CCC4=CC(=O)C=C[C@]4(C)C3=CC[C@@]21C. The molecule has 4 rings (SSSR count). The van der Waals surface area contributed by atoms with Crippen LogP contribution in [0.2, 0.25) is 0 Å². The van der Waals surface area contributed by atoms with E-state index in [4.69, 9.17) is 4.74 Å². The molecular formula is C26H34O4. The number of ketones is 2. The van der Waals surface area contributed by atoms with Gasteiger partial charge in [0.25, 0.3) is 0 Å². The first kappa shape index (κ1) is 21.3. The number of hydrogen-bond acceptors (Lipinski definition) is 4. The van der Waals surface area contributed by atoms with E-state index in [1.165, 1.54) is 11.1 Å². The standard InChI is InChI=1S/C26H34O4/c1-15(2)24(29)30-14-22(28)23-16(3)12-21-19-7-6-17-13-18(27)8-10-25(17,4)20(19)9-11-26(21,23)5/h8-10,13,15-16,19,21,23H,6-7,11-12,14H2,1-5H3/t16-,19?,21?,23+,25-,26-/m0/s1. The predicted octanol–water partition coefficient (Wildman–Crippen LogP) is 4.84. The van der Waals surface area contributed by atoms with Crippen molar-refractivity contribution in [2.24, 2.45) is 40.4 Å². The van der Waals surface area contributed by atoms with E-state index in [-0.39, 0.29) is 52.7 Å². The Labute approximate surface area is 179 Å². The third-order valence-electron chi connectivity index (χ3n) is 8.46. The zero-order valence-electron chi connectivity index (χ0n) is 18.9. The van der Waals surface area contributed by atoms with Crippen molar-refractivity contribution in [2.45, 2.75) is 60.3 Å². The summed E-state index contributed by atoms with van der Waals surface area (Å²) >= 11 is 0. The average molecular weight is 411 g/mol. The molecule has 162 valence electrons. The number of fused-ring (bicyclic) bond motifs is 5. The molecule has 6 atom stereocenters. The molecule has 0 aromatic heterocycles. The molecule has 4 heteroatoms. The van der Waals surface area contributed by atoms with Crippen molar-refractivity contribution in [3.8, 4) is 0 Å². The Morgan fingerprint density at radius 1 is 1.27 bits per heavy atom. The molecule has 0 heterocycles. The number of allylic oxidation sites excluding steroid dienone is 6. The lowest BCUT2D eigenvalue weighted by atomic mass is 9.52. The Bertz CT molecular complexity index is 875. The first-order valence-corrected chi connectivity index (χ1v) is 11.4. The largest absolute Gasteiger partial charge is 0.457 e. The van der Waals surface area contributed by atoms with Gasteiger partial charge >= 0.3 is 5.97 Å². The Morgan fingerprint density at radius 2 is 2.00 bits per heavy atom. The minimum atomic E-state index is -0.306. The summed E-state index contributed by atoms with van der Waals surface area (Å²) in [5.41, 5.74) is 2.43. The first-order valence-electron chi connectivity index (χ1n) is 11.4. The molecule has 30 heavy (non-hydrogen) atoms. The fourth-order valence-electron chi connectivity index (χ4n) is 6.97. The highest BCUT2D eigenvalue weighted by molar-refractivity contribution is 6.01. The van der Waals surface area contributed by atoms with Crippen molar-refractivity contribution >= 4 is 17.5 Å². The minimum Gasteiger partial charge on any atom is -0.457 e. The predicted molar refractivity (Wildman–Crippen MR) is 115 cm³/mol. The van der Waals surface area contributed by atoms with Gasteiger partial charge in [0.2, 0.25) is 0 Å². The second-order valence-corrected chi connectivity index (χ2v) is 10.6.